The molecule has 0 spiro atoms. The molecule has 0 aromatic heterocycles. The third-order valence-corrected chi connectivity index (χ3v) is 4.41. The van der Waals surface area contributed by atoms with Crippen LogP contribution in [0.4, 0.5) is 9.18 Å². The molecule has 24 heavy (non-hydrogen) atoms. The van der Waals surface area contributed by atoms with Crippen molar-refractivity contribution in [3.8, 4) is 0 Å². The SMILES string of the molecule is CC(CCCO)NC(=O)NC1CCN(Cc2ccc(F)cc2)CC1. The lowest BCUT2D eigenvalue weighted by Crippen LogP contribution is -2.49. The Kier molecular flexibility index (Phi) is 7.46. The van der Waals surface area contributed by atoms with Crippen molar-refractivity contribution in [2.45, 2.75) is 51.2 Å². The van der Waals surface area contributed by atoms with Crippen LogP contribution < -0.4 is 10.6 Å². The molecule has 2 amide bonds. The van der Waals surface area contributed by atoms with E-state index in [-0.39, 0.29) is 30.5 Å². The first-order valence-corrected chi connectivity index (χ1v) is 8.71. The van der Waals surface area contributed by atoms with Crippen molar-refractivity contribution in [3.05, 3.63) is 35.6 Å². The average molecular weight is 337 g/mol. The van der Waals surface area contributed by atoms with Crippen LogP contribution in [-0.2, 0) is 6.54 Å². The van der Waals surface area contributed by atoms with Crippen molar-refractivity contribution in [2.24, 2.45) is 0 Å². The van der Waals surface area contributed by atoms with Gasteiger partial charge in [-0.1, -0.05) is 12.1 Å². The Balaban J connectivity index is 1.67. The predicted molar refractivity (Wildman–Crippen MR) is 92.1 cm³/mol. The molecule has 6 heteroatoms. The van der Waals surface area contributed by atoms with Crippen LogP contribution in [0.15, 0.2) is 24.3 Å². The van der Waals surface area contributed by atoms with E-state index in [0.29, 0.717) is 6.42 Å². The molecule has 5 nitrogen and oxygen atoms in total. The summed E-state index contributed by atoms with van der Waals surface area (Å²) in [5.41, 5.74) is 1.11. The van der Waals surface area contributed by atoms with Gasteiger partial charge < -0.3 is 15.7 Å². The fourth-order valence-corrected chi connectivity index (χ4v) is 3.00. The van der Waals surface area contributed by atoms with Crippen LogP contribution in [0.5, 0.6) is 0 Å². The van der Waals surface area contributed by atoms with Gasteiger partial charge in [0.15, 0.2) is 0 Å². The Morgan fingerprint density at radius 2 is 2.00 bits per heavy atom. The highest BCUT2D eigenvalue weighted by Crippen LogP contribution is 2.14. The Morgan fingerprint density at radius 1 is 1.33 bits per heavy atom. The second-order valence-electron chi connectivity index (χ2n) is 6.56. The normalized spacial score (nSPS) is 17.5. The molecule has 1 aromatic rings. The predicted octanol–water partition coefficient (Wildman–Crippen LogP) is 2.25. The minimum absolute atomic E-state index is 0.0655. The molecule has 134 valence electrons. The Hall–Kier alpha value is -1.66. The molecule has 1 aliphatic rings. The standard InChI is InChI=1S/C18H28FN3O2/c1-14(3-2-12-23)20-18(24)21-17-8-10-22(11-9-17)13-15-4-6-16(19)7-5-15/h4-7,14,17,23H,2-3,8-13H2,1H3,(H2,20,21,24). The summed E-state index contributed by atoms with van der Waals surface area (Å²) in [6, 6.07) is 6.76. The van der Waals surface area contributed by atoms with Crippen LogP contribution in [-0.4, -0.2) is 47.8 Å². The van der Waals surface area contributed by atoms with Gasteiger partial charge in [0.1, 0.15) is 5.82 Å². The van der Waals surface area contributed by atoms with Crippen LogP contribution in [0.3, 0.4) is 0 Å². The summed E-state index contributed by atoms with van der Waals surface area (Å²) in [6.07, 6.45) is 3.31. The summed E-state index contributed by atoms with van der Waals surface area (Å²) in [5.74, 6) is -0.208. The number of likely N-dealkylation sites (tertiary alicyclic amines) is 1. The van der Waals surface area contributed by atoms with Crippen LogP contribution in [0.1, 0.15) is 38.2 Å². The summed E-state index contributed by atoms with van der Waals surface area (Å²) in [4.78, 5) is 14.3. The van der Waals surface area contributed by atoms with Gasteiger partial charge in [-0.15, -0.1) is 0 Å². The number of urea groups is 1. The highest BCUT2D eigenvalue weighted by atomic mass is 19.1. The first-order valence-electron chi connectivity index (χ1n) is 8.71. The van der Waals surface area contributed by atoms with Gasteiger partial charge in [-0.2, -0.15) is 0 Å². The number of nitrogens with zero attached hydrogens (tertiary/aromatic N) is 1. The van der Waals surface area contributed by atoms with E-state index >= 15 is 0 Å². The van der Waals surface area contributed by atoms with Crippen molar-refractivity contribution in [3.63, 3.8) is 0 Å². The van der Waals surface area contributed by atoms with Crippen molar-refractivity contribution in [1.82, 2.24) is 15.5 Å². The molecule has 1 aromatic carbocycles. The molecule has 1 atom stereocenters. The topological polar surface area (TPSA) is 64.6 Å². The Morgan fingerprint density at radius 3 is 2.62 bits per heavy atom. The molecule has 1 heterocycles. The number of aliphatic hydroxyl groups is 1. The van der Waals surface area contributed by atoms with Crippen molar-refractivity contribution in [2.75, 3.05) is 19.7 Å². The van der Waals surface area contributed by atoms with E-state index in [9.17, 15) is 9.18 Å². The lowest BCUT2D eigenvalue weighted by Gasteiger charge is -2.32. The monoisotopic (exact) mass is 337 g/mol. The van der Waals surface area contributed by atoms with Gasteiger partial charge in [0.25, 0.3) is 0 Å². The fourth-order valence-electron chi connectivity index (χ4n) is 3.00. The molecule has 1 fully saturated rings. The zero-order valence-electron chi connectivity index (χ0n) is 14.3. The summed E-state index contributed by atoms with van der Waals surface area (Å²) in [6.45, 7) is 4.75. The van der Waals surface area contributed by atoms with E-state index in [2.05, 4.69) is 15.5 Å². The minimum atomic E-state index is -0.208. The summed E-state index contributed by atoms with van der Waals surface area (Å²) in [5, 5.41) is 14.7. The number of rotatable bonds is 7. The van der Waals surface area contributed by atoms with Crippen LogP contribution in [0.25, 0.3) is 0 Å². The second-order valence-corrected chi connectivity index (χ2v) is 6.56. The number of hydrogen-bond donors (Lipinski definition) is 3. The molecular weight excluding hydrogens is 309 g/mol. The second kappa shape index (κ2) is 9.59. The molecule has 1 unspecified atom stereocenters. The highest BCUT2D eigenvalue weighted by Gasteiger charge is 2.21. The van der Waals surface area contributed by atoms with E-state index in [4.69, 9.17) is 5.11 Å². The molecule has 1 aliphatic heterocycles. The van der Waals surface area contributed by atoms with Gasteiger partial charge in [-0.25, -0.2) is 9.18 Å². The number of benzene rings is 1. The molecule has 2 rings (SSSR count). The number of amides is 2. The molecule has 0 bridgehead atoms. The number of carbonyl (C=O) groups excluding carboxylic acids is 1. The number of piperidine rings is 1. The van der Waals surface area contributed by atoms with Crippen LogP contribution in [0, 0.1) is 5.82 Å². The zero-order valence-corrected chi connectivity index (χ0v) is 14.3. The van der Waals surface area contributed by atoms with Gasteiger partial charge in [0, 0.05) is 38.3 Å². The number of carbonyl (C=O) groups is 1. The van der Waals surface area contributed by atoms with E-state index < -0.39 is 0 Å². The van der Waals surface area contributed by atoms with Crippen molar-refractivity contribution < 1.29 is 14.3 Å². The van der Waals surface area contributed by atoms with Crippen LogP contribution >= 0.6 is 0 Å². The molecule has 1 saturated heterocycles. The van der Waals surface area contributed by atoms with Gasteiger partial charge in [-0.3, -0.25) is 4.90 Å². The van der Waals surface area contributed by atoms with Crippen LogP contribution in [0.2, 0.25) is 0 Å². The average Bonchev–Trinajstić information content (AvgIpc) is 2.57. The molecule has 0 saturated carbocycles. The van der Waals surface area contributed by atoms with Crippen molar-refractivity contribution in [1.29, 1.82) is 0 Å². The lowest BCUT2D eigenvalue weighted by atomic mass is 10.0. The molecule has 0 radical (unpaired) electrons. The molecule has 0 aliphatic carbocycles. The quantitative estimate of drug-likeness (QED) is 0.715. The fraction of sp³-hybridized carbons (Fsp3) is 0.611. The maximum Gasteiger partial charge on any atom is 0.315 e. The maximum atomic E-state index is 12.9. The first kappa shape index (κ1) is 18.7. The Labute approximate surface area is 143 Å². The summed E-state index contributed by atoms with van der Waals surface area (Å²) < 4.78 is 12.9. The summed E-state index contributed by atoms with van der Waals surface area (Å²) in [7, 11) is 0. The van der Waals surface area contributed by atoms with Gasteiger partial charge in [0.2, 0.25) is 0 Å². The third kappa shape index (κ3) is 6.45. The van der Waals surface area contributed by atoms with Gasteiger partial charge in [-0.05, 0) is 50.3 Å². The lowest BCUT2D eigenvalue weighted by molar-refractivity contribution is 0.185. The Bertz CT molecular complexity index is 501. The molecule has 3 N–H and O–H groups in total. The first-order chi connectivity index (χ1) is 11.6. The highest BCUT2D eigenvalue weighted by molar-refractivity contribution is 5.74. The van der Waals surface area contributed by atoms with Gasteiger partial charge >= 0.3 is 6.03 Å². The van der Waals surface area contributed by atoms with Crippen molar-refractivity contribution >= 4 is 6.03 Å². The summed E-state index contributed by atoms with van der Waals surface area (Å²) >= 11 is 0. The minimum Gasteiger partial charge on any atom is -0.396 e. The smallest absolute Gasteiger partial charge is 0.315 e. The number of halogens is 1. The van der Waals surface area contributed by atoms with E-state index in [1.54, 1.807) is 0 Å². The number of hydrogen-bond acceptors (Lipinski definition) is 3. The van der Waals surface area contributed by atoms with E-state index in [0.717, 1.165) is 44.5 Å². The van der Waals surface area contributed by atoms with E-state index in [1.165, 1.54) is 12.1 Å². The number of nitrogens with one attached hydrogen (secondary N) is 2. The number of aliphatic hydroxyl groups excluding tert-OH is 1. The maximum absolute atomic E-state index is 12.9. The largest absolute Gasteiger partial charge is 0.396 e. The third-order valence-electron chi connectivity index (χ3n) is 4.41. The molecular formula is C18H28FN3O2. The van der Waals surface area contributed by atoms with Gasteiger partial charge in [0.05, 0.1) is 0 Å². The van der Waals surface area contributed by atoms with E-state index in [1.807, 2.05) is 19.1 Å². The zero-order chi connectivity index (χ0) is 17.4.